The Morgan fingerprint density at radius 3 is 2.43 bits per heavy atom. The van der Waals surface area contributed by atoms with Gasteiger partial charge in [-0.2, -0.15) is 23.3 Å². The third-order valence-corrected chi connectivity index (χ3v) is 7.59. The van der Waals surface area contributed by atoms with E-state index in [1.54, 1.807) is 7.11 Å². The van der Waals surface area contributed by atoms with E-state index >= 15 is 0 Å². The molecule has 0 N–H and O–H groups in total. The van der Waals surface area contributed by atoms with Gasteiger partial charge in [0.05, 0.1) is 6.10 Å². The predicted octanol–water partition coefficient (Wildman–Crippen LogP) is 2.97. The van der Waals surface area contributed by atoms with Gasteiger partial charge in [-0.05, 0) is 43.7 Å². The fourth-order valence-electron chi connectivity index (χ4n) is 3.18. The predicted molar refractivity (Wildman–Crippen MR) is 95.9 cm³/mol. The summed E-state index contributed by atoms with van der Waals surface area (Å²) in [6.45, 7) is 0.0773. The van der Waals surface area contributed by atoms with Gasteiger partial charge in [-0.1, -0.05) is 6.42 Å². The van der Waals surface area contributed by atoms with Crippen molar-refractivity contribution in [2.24, 2.45) is 11.1 Å². The number of alkyl halides is 2. The second-order valence-corrected chi connectivity index (χ2v) is 9.57. The number of ether oxygens (including phenoxy) is 1. The van der Waals surface area contributed by atoms with Gasteiger partial charge in [-0.3, -0.25) is 0 Å². The number of hydrogen-bond acceptors (Lipinski definition) is 9. The summed E-state index contributed by atoms with van der Waals surface area (Å²) in [6.07, 6.45) is 4.83. The molecule has 0 unspecified atom stereocenters. The summed E-state index contributed by atoms with van der Waals surface area (Å²) >= 11 is -0.701. The third kappa shape index (κ3) is 5.98. The van der Waals surface area contributed by atoms with Crippen LogP contribution in [0.3, 0.4) is 0 Å². The van der Waals surface area contributed by atoms with Crippen molar-refractivity contribution in [3.05, 3.63) is 0 Å². The summed E-state index contributed by atoms with van der Waals surface area (Å²) in [5.41, 5.74) is 0.0378. The molecular formula is C15H23F2N3O6S2. The zero-order valence-corrected chi connectivity index (χ0v) is 17.0. The molecule has 0 aromatic rings. The summed E-state index contributed by atoms with van der Waals surface area (Å²) in [5.74, 6) is -0.159. The second kappa shape index (κ2) is 10.7. The standard InChI is InChI=1S/C15H23F2N3O6S2/c1-23-13-7-5-12(6-8-13)14(11-18)19-24-25-26-27-15(16,17)28(21,22)20-9-3-2-4-10-20/h12-13H,2-10H2,1H3/b19-14+. The largest absolute Gasteiger partial charge is 0.433 e. The summed E-state index contributed by atoms with van der Waals surface area (Å²) in [7, 11) is -3.27. The van der Waals surface area contributed by atoms with E-state index in [0.717, 1.165) is 23.6 Å². The lowest BCUT2D eigenvalue weighted by Gasteiger charge is -2.28. The minimum atomic E-state index is -4.89. The van der Waals surface area contributed by atoms with Gasteiger partial charge in [0.1, 0.15) is 18.1 Å². The Kier molecular flexibility index (Phi) is 8.84. The van der Waals surface area contributed by atoms with Crippen molar-refractivity contribution in [3.63, 3.8) is 0 Å². The van der Waals surface area contributed by atoms with Crippen molar-refractivity contribution in [2.75, 3.05) is 20.2 Å². The highest BCUT2D eigenvalue weighted by molar-refractivity contribution is 8.10. The van der Waals surface area contributed by atoms with Gasteiger partial charge in [0, 0.05) is 31.2 Å². The smallest absolute Gasteiger partial charge is 0.381 e. The lowest BCUT2D eigenvalue weighted by molar-refractivity contribution is -0.462. The highest BCUT2D eigenvalue weighted by Gasteiger charge is 2.51. The van der Waals surface area contributed by atoms with Gasteiger partial charge in [0.2, 0.25) is 0 Å². The van der Waals surface area contributed by atoms with Gasteiger partial charge in [-0.25, -0.2) is 8.42 Å². The van der Waals surface area contributed by atoms with Crippen LogP contribution in [0.1, 0.15) is 44.9 Å². The number of sulfonamides is 1. The first-order chi connectivity index (χ1) is 13.3. The Hall–Kier alpha value is -1.04. The van der Waals surface area contributed by atoms with Crippen molar-refractivity contribution in [2.45, 2.75) is 55.6 Å². The number of piperidine rings is 1. The van der Waals surface area contributed by atoms with Crippen LogP contribution in [-0.2, 0) is 29.1 Å². The molecule has 0 radical (unpaired) electrons. The first kappa shape index (κ1) is 23.2. The zero-order valence-electron chi connectivity index (χ0n) is 15.4. The van der Waals surface area contributed by atoms with Gasteiger partial charge >= 0.3 is 4.59 Å². The zero-order chi connectivity index (χ0) is 20.6. The van der Waals surface area contributed by atoms with E-state index in [1.165, 1.54) is 0 Å². The molecule has 160 valence electrons. The number of rotatable bonds is 9. The Morgan fingerprint density at radius 2 is 1.86 bits per heavy atom. The molecule has 2 aliphatic rings. The van der Waals surface area contributed by atoms with Crippen molar-refractivity contribution < 1.29 is 36.3 Å². The van der Waals surface area contributed by atoms with Crippen molar-refractivity contribution in [3.8, 4) is 6.07 Å². The lowest BCUT2D eigenvalue weighted by Crippen LogP contribution is -2.44. The fraction of sp³-hybridized carbons (Fsp3) is 0.867. The van der Waals surface area contributed by atoms with Crippen LogP contribution in [0.2, 0.25) is 0 Å². The van der Waals surface area contributed by atoms with Gasteiger partial charge < -0.3 is 4.74 Å². The van der Waals surface area contributed by atoms with Crippen LogP contribution in [0.4, 0.5) is 8.78 Å². The highest BCUT2D eigenvalue weighted by Crippen LogP contribution is 2.38. The lowest BCUT2D eigenvalue weighted by atomic mass is 9.84. The minimum absolute atomic E-state index is 0.0378. The van der Waals surface area contributed by atoms with E-state index in [9.17, 15) is 17.2 Å². The van der Waals surface area contributed by atoms with E-state index in [4.69, 9.17) is 10.00 Å². The molecule has 0 atom stereocenters. The summed E-state index contributed by atoms with van der Waals surface area (Å²) in [4.78, 5) is 4.30. The molecule has 28 heavy (non-hydrogen) atoms. The van der Waals surface area contributed by atoms with Crippen molar-refractivity contribution in [1.29, 1.82) is 5.26 Å². The van der Waals surface area contributed by atoms with E-state index in [1.807, 2.05) is 6.07 Å². The van der Waals surface area contributed by atoms with Crippen LogP contribution in [0.15, 0.2) is 5.16 Å². The first-order valence-corrected chi connectivity index (χ1v) is 11.1. The Morgan fingerprint density at radius 1 is 1.21 bits per heavy atom. The molecule has 1 saturated heterocycles. The van der Waals surface area contributed by atoms with Gasteiger partial charge in [0.15, 0.2) is 5.71 Å². The highest BCUT2D eigenvalue weighted by atomic mass is 32.3. The monoisotopic (exact) mass is 443 g/mol. The molecule has 1 aliphatic heterocycles. The average Bonchev–Trinajstić information content (AvgIpc) is 2.71. The Balaban J connectivity index is 1.79. The molecule has 2 fully saturated rings. The maximum atomic E-state index is 14.0. The van der Waals surface area contributed by atoms with Crippen LogP contribution in [0, 0.1) is 17.2 Å². The topological polar surface area (TPSA) is 110 Å². The van der Waals surface area contributed by atoms with Crippen LogP contribution in [0.5, 0.6) is 0 Å². The van der Waals surface area contributed by atoms with Crippen LogP contribution >= 0.6 is 12.0 Å². The van der Waals surface area contributed by atoms with E-state index in [-0.39, 0.29) is 30.8 Å². The number of oxime groups is 1. The molecule has 1 aliphatic carbocycles. The molecular weight excluding hydrogens is 420 g/mol. The van der Waals surface area contributed by atoms with E-state index in [0.29, 0.717) is 25.7 Å². The number of nitriles is 1. The van der Waals surface area contributed by atoms with Crippen LogP contribution in [-0.4, -0.2) is 49.3 Å². The molecule has 0 bridgehead atoms. The molecule has 0 aromatic carbocycles. The van der Waals surface area contributed by atoms with Crippen molar-refractivity contribution in [1.82, 2.24) is 4.31 Å². The number of halogens is 2. The number of hydrogen-bond donors (Lipinski definition) is 0. The van der Waals surface area contributed by atoms with Crippen LogP contribution < -0.4 is 0 Å². The van der Waals surface area contributed by atoms with Gasteiger partial charge in [0.25, 0.3) is 10.0 Å². The van der Waals surface area contributed by atoms with E-state index < -0.39 is 26.7 Å². The molecule has 1 saturated carbocycles. The first-order valence-electron chi connectivity index (χ1n) is 8.88. The maximum absolute atomic E-state index is 14.0. The molecule has 0 amide bonds. The molecule has 0 spiro atoms. The second-order valence-electron chi connectivity index (χ2n) is 6.52. The number of nitrogens with zero attached hydrogens (tertiary/aromatic N) is 3. The quantitative estimate of drug-likeness (QED) is 0.176. The van der Waals surface area contributed by atoms with Crippen LogP contribution in [0.25, 0.3) is 0 Å². The average molecular weight is 443 g/mol. The molecule has 1 heterocycles. The molecule has 13 heteroatoms. The van der Waals surface area contributed by atoms with Gasteiger partial charge in [-0.15, -0.1) is 4.33 Å². The summed E-state index contributed by atoms with van der Waals surface area (Å²) in [6, 6.07) is 1.87. The SMILES string of the molecule is COC1CCC(/C(C#N)=N/OOOSC(F)(F)S(=O)(=O)N2CCCCC2)CC1. The van der Waals surface area contributed by atoms with E-state index in [2.05, 4.69) is 19.5 Å². The summed E-state index contributed by atoms with van der Waals surface area (Å²) in [5, 5.41) is 16.6. The normalized spacial score (nSPS) is 25.3. The number of methoxy groups -OCH3 is 1. The maximum Gasteiger partial charge on any atom is 0.433 e. The Labute approximate surface area is 167 Å². The summed E-state index contributed by atoms with van der Waals surface area (Å²) < 4.78 is 57.7. The molecule has 0 aromatic heterocycles. The minimum Gasteiger partial charge on any atom is -0.381 e. The van der Waals surface area contributed by atoms with Crippen molar-refractivity contribution >= 4 is 27.8 Å². The fourth-order valence-corrected chi connectivity index (χ4v) is 5.09. The molecule has 9 nitrogen and oxygen atoms in total. The Bertz CT molecular complexity index is 672. The molecule has 2 rings (SSSR count). The third-order valence-electron chi connectivity index (χ3n) is 4.79.